The van der Waals surface area contributed by atoms with Crippen LogP contribution in [-0.2, 0) is 20.1 Å². The summed E-state index contributed by atoms with van der Waals surface area (Å²) in [5, 5.41) is 0. The maximum absolute atomic E-state index is 11.3. The first-order chi connectivity index (χ1) is 15.0. The van der Waals surface area contributed by atoms with Crippen LogP contribution in [0.15, 0.2) is 61.1 Å². The van der Waals surface area contributed by atoms with Crippen LogP contribution >= 0.6 is 0 Å². The van der Waals surface area contributed by atoms with E-state index in [1.165, 1.54) is 0 Å². The summed E-state index contributed by atoms with van der Waals surface area (Å²) in [7, 11) is 1.67. The van der Waals surface area contributed by atoms with Gasteiger partial charge in [-0.25, -0.2) is 0 Å². The zero-order valence-electron chi connectivity index (χ0n) is 18.1. The molecular weight excluding hydrogens is 392 g/mol. The van der Waals surface area contributed by atoms with E-state index in [1.54, 1.807) is 19.6 Å². The maximum atomic E-state index is 11.3. The Morgan fingerprint density at radius 2 is 1.77 bits per heavy atom. The summed E-state index contributed by atoms with van der Waals surface area (Å²) < 4.78 is 17.7. The van der Waals surface area contributed by atoms with Gasteiger partial charge in [0.2, 0.25) is 5.91 Å². The SMILES string of the molecule is COc1ccc(-c2ccccc2C2(C3CCN(C(C)CC(N)=O)CC3)OC=CO2)cc1. The molecule has 4 rings (SSSR count). The van der Waals surface area contributed by atoms with E-state index in [1.807, 2.05) is 24.3 Å². The highest BCUT2D eigenvalue weighted by Crippen LogP contribution is 2.47. The third kappa shape index (κ3) is 4.26. The number of methoxy groups -OCH3 is 1. The summed E-state index contributed by atoms with van der Waals surface area (Å²) in [6.45, 7) is 3.81. The van der Waals surface area contributed by atoms with E-state index in [4.69, 9.17) is 19.9 Å². The maximum Gasteiger partial charge on any atom is 0.280 e. The predicted octanol–water partition coefficient (Wildman–Crippen LogP) is 4.01. The summed E-state index contributed by atoms with van der Waals surface area (Å²) in [6.07, 6.45) is 5.48. The fraction of sp³-hybridized carbons (Fsp3) is 0.400. The molecule has 1 amide bonds. The second-order valence-electron chi connectivity index (χ2n) is 8.28. The first kappa shape index (κ1) is 21.2. The van der Waals surface area contributed by atoms with E-state index < -0.39 is 5.79 Å². The molecule has 6 nitrogen and oxygen atoms in total. The van der Waals surface area contributed by atoms with Gasteiger partial charge in [-0.3, -0.25) is 4.79 Å². The van der Waals surface area contributed by atoms with Crippen LogP contribution in [0, 0.1) is 5.92 Å². The molecule has 0 aliphatic carbocycles. The lowest BCUT2D eigenvalue weighted by molar-refractivity contribution is -0.201. The van der Waals surface area contributed by atoms with Crippen molar-refractivity contribution in [1.82, 2.24) is 4.90 Å². The van der Waals surface area contributed by atoms with Crippen molar-refractivity contribution in [2.45, 2.75) is 38.0 Å². The molecule has 2 aromatic carbocycles. The number of nitrogens with two attached hydrogens (primary N) is 1. The van der Waals surface area contributed by atoms with Crippen LogP contribution in [0.5, 0.6) is 5.75 Å². The molecule has 164 valence electrons. The minimum absolute atomic E-state index is 0.143. The zero-order chi connectivity index (χ0) is 21.8. The molecule has 2 heterocycles. The average molecular weight is 423 g/mol. The number of carbonyl (C=O) groups is 1. The number of hydrogen-bond donors (Lipinski definition) is 1. The molecule has 2 aromatic rings. The van der Waals surface area contributed by atoms with Gasteiger partial charge in [-0.05, 0) is 56.1 Å². The van der Waals surface area contributed by atoms with Gasteiger partial charge in [0.15, 0.2) is 0 Å². The number of rotatable bonds is 7. The van der Waals surface area contributed by atoms with Crippen molar-refractivity contribution in [1.29, 1.82) is 0 Å². The zero-order valence-corrected chi connectivity index (χ0v) is 18.1. The summed E-state index contributed by atoms with van der Waals surface area (Å²) in [5.41, 5.74) is 8.58. The smallest absolute Gasteiger partial charge is 0.280 e. The Balaban J connectivity index is 1.60. The number of benzene rings is 2. The fourth-order valence-electron chi connectivity index (χ4n) is 4.77. The van der Waals surface area contributed by atoms with Crippen molar-refractivity contribution < 1.29 is 19.0 Å². The Bertz CT molecular complexity index is 925. The average Bonchev–Trinajstić information content (AvgIpc) is 3.30. The third-order valence-corrected chi connectivity index (χ3v) is 6.43. The van der Waals surface area contributed by atoms with Gasteiger partial charge in [0.1, 0.15) is 18.3 Å². The van der Waals surface area contributed by atoms with Crippen LogP contribution in [0.25, 0.3) is 11.1 Å². The first-order valence-electron chi connectivity index (χ1n) is 10.8. The summed E-state index contributed by atoms with van der Waals surface area (Å²) >= 11 is 0. The molecule has 0 spiro atoms. The van der Waals surface area contributed by atoms with Crippen LogP contribution < -0.4 is 10.5 Å². The number of primary amides is 1. The number of amides is 1. The molecule has 2 aliphatic rings. The second-order valence-corrected chi connectivity index (χ2v) is 8.28. The van der Waals surface area contributed by atoms with Crippen molar-refractivity contribution >= 4 is 5.91 Å². The standard InChI is InChI=1S/C25H30N2O4/c1-18(17-24(26)28)27-13-11-20(12-14-27)25(30-15-16-31-25)23-6-4-3-5-22(23)19-7-9-21(29-2)10-8-19/h3-10,15-16,18,20H,11-14,17H2,1-2H3,(H2,26,28). The minimum atomic E-state index is -0.852. The number of hydrogen-bond acceptors (Lipinski definition) is 5. The van der Waals surface area contributed by atoms with Crippen molar-refractivity contribution in [2.24, 2.45) is 11.7 Å². The highest BCUT2D eigenvalue weighted by Gasteiger charge is 2.48. The van der Waals surface area contributed by atoms with E-state index in [-0.39, 0.29) is 17.9 Å². The Morgan fingerprint density at radius 1 is 1.13 bits per heavy atom. The van der Waals surface area contributed by atoms with Gasteiger partial charge in [-0.2, -0.15) is 0 Å². The van der Waals surface area contributed by atoms with Crippen molar-refractivity contribution in [3.8, 4) is 16.9 Å². The van der Waals surface area contributed by atoms with Crippen molar-refractivity contribution in [2.75, 3.05) is 20.2 Å². The van der Waals surface area contributed by atoms with Gasteiger partial charge in [-0.1, -0.05) is 36.4 Å². The van der Waals surface area contributed by atoms with E-state index >= 15 is 0 Å². The molecule has 31 heavy (non-hydrogen) atoms. The summed E-state index contributed by atoms with van der Waals surface area (Å²) in [5.74, 6) is -0.108. The molecule has 1 fully saturated rings. The van der Waals surface area contributed by atoms with Gasteiger partial charge in [0.05, 0.1) is 7.11 Å². The third-order valence-electron chi connectivity index (χ3n) is 6.43. The van der Waals surface area contributed by atoms with Crippen LogP contribution in [-0.4, -0.2) is 37.0 Å². The van der Waals surface area contributed by atoms with Crippen molar-refractivity contribution in [3.05, 3.63) is 66.6 Å². The first-order valence-corrected chi connectivity index (χ1v) is 10.8. The molecule has 1 atom stereocenters. The van der Waals surface area contributed by atoms with Crippen LogP contribution in [0.3, 0.4) is 0 Å². The Labute approximate surface area is 183 Å². The molecule has 0 radical (unpaired) electrons. The lowest BCUT2D eigenvalue weighted by atomic mass is 9.80. The van der Waals surface area contributed by atoms with Crippen LogP contribution in [0.4, 0.5) is 0 Å². The van der Waals surface area contributed by atoms with Crippen molar-refractivity contribution in [3.63, 3.8) is 0 Å². The number of likely N-dealkylation sites (tertiary alicyclic amines) is 1. The lowest BCUT2D eigenvalue weighted by Crippen LogP contribution is -2.47. The van der Waals surface area contributed by atoms with Gasteiger partial charge in [0.25, 0.3) is 5.79 Å². The van der Waals surface area contributed by atoms with E-state index in [0.29, 0.717) is 6.42 Å². The number of ether oxygens (including phenoxy) is 3. The van der Waals surface area contributed by atoms with E-state index in [0.717, 1.165) is 48.4 Å². The normalized spacial score (nSPS) is 19.4. The predicted molar refractivity (Wildman–Crippen MR) is 119 cm³/mol. The molecule has 2 N–H and O–H groups in total. The Kier molecular flexibility index (Phi) is 6.18. The summed E-state index contributed by atoms with van der Waals surface area (Å²) in [6, 6.07) is 16.4. The number of carbonyl (C=O) groups excluding carboxylic acids is 1. The highest BCUT2D eigenvalue weighted by molar-refractivity contribution is 5.74. The topological polar surface area (TPSA) is 74.0 Å². The second kappa shape index (κ2) is 9.02. The van der Waals surface area contributed by atoms with E-state index in [9.17, 15) is 4.79 Å². The van der Waals surface area contributed by atoms with Gasteiger partial charge >= 0.3 is 0 Å². The Hall–Kier alpha value is -2.99. The van der Waals surface area contributed by atoms with E-state index in [2.05, 4.69) is 36.1 Å². The van der Waals surface area contributed by atoms with Crippen LogP contribution in [0.1, 0.15) is 31.7 Å². The molecule has 0 aromatic heterocycles. The van der Waals surface area contributed by atoms with Gasteiger partial charge < -0.3 is 24.8 Å². The molecular formula is C25H30N2O4. The molecule has 0 bridgehead atoms. The molecule has 1 saturated heterocycles. The number of piperidine rings is 1. The molecule has 6 heteroatoms. The molecule has 2 aliphatic heterocycles. The summed E-state index contributed by atoms with van der Waals surface area (Å²) in [4.78, 5) is 13.6. The number of nitrogens with zero attached hydrogens (tertiary/aromatic N) is 1. The minimum Gasteiger partial charge on any atom is -0.497 e. The fourth-order valence-corrected chi connectivity index (χ4v) is 4.77. The quantitative estimate of drug-likeness (QED) is 0.730. The molecule has 0 saturated carbocycles. The van der Waals surface area contributed by atoms with Gasteiger partial charge in [-0.15, -0.1) is 0 Å². The van der Waals surface area contributed by atoms with Crippen LogP contribution in [0.2, 0.25) is 0 Å². The lowest BCUT2D eigenvalue weighted by Gasteiger charge is -2.43. The Morgan fingerprint density at radius 3 is 2.39 bits per heavy atom. The largest absolute Gasteiger partial charge is 0.497 e. The molecule has 1 unspecified atom stereocenters. The highest BCUT2D eigenvalue weighted by atomic mass is 16.7. The monoisotopic (exact) mass is 422 g/mol. The van der Waals surface area contributed by atoms with Gasteiger partial charge in [0, 0.05) is 23.9 Å².